The van der Waals surface area contributed by atoms with Gasteiger partial charge in [-0.1, -0.05) is 37.3 Å². The minimum atomic E-state index is -0.779. The number of hydrogen-bond acceptors (Lipinski definition) is 7. The third kappa shape index (κ3) is 6.75. The van der Waals surface area contributed by atoms with Gasteiger partial charge in [-0.25, -0.2) is 13.6 Å². The second kappa shape index (κ2) is 14.1. The van der Waals surface area contributed by atoms with Crippen molar-refractivity contribution in [1.29, 1.82) is 0 Å². The van der Waals surface area contributed by atoms with Crippen LogP contribution in [0.3, 0.4) is 0 Å². The lowest BCUT2D eigenvalue weighted by Crippen LogP contribution is -2.41. The lowest BCUT2D eigenvalue weighted by Gasteiger charge is -2.17. The molecule has 0 radical (unpaired) electrons. The monoisotopic (exact) mass is 599 g/mol. The summed E-state index contributed by atoms with van der Waals surface area (Å²) < 4.78 is 42.3. The zero-order valence-corrected chi connectivity index (χ0v) is 25.1. The van der Waals surface area contributed by atoms with E-state index in [4.69, 9.17) is 9.47 Å². The Bertz CT molecular complexity index is 1660. The summed E-state index contributed by atoms with van der Waals surface area (Å²) in [4.78, 5) is 42.7. The fourth-order valence-electron chi connectivity index (χ4n) is 4.78. The van der Waals surface area contributed by atoms with E-state index in [9.17, 15) is 23.2 Å². The maximum Gasteiger partial charge on any atom is 0.332 e. The van der Waals surface area contributed by atoms with Crippen LogP contribution in [0.4, 0.5) is 8.78 Å². The molecule has 0 saturated carbocycles. The molecule has 0 atom stereocenters. The SMILES string of the molecule is CCC(=O)Cc1ccc(-c2sc3c(c2CN(C)CCOC)c(=O)n(CCOC)c(=O)n3Cc2c(F)cccc2F)cc1. The number of fused-ring (bicyclic) bond motifs is 1. The number of thiophene rings is 1. The number of ether oxygens (including phenoxy) is 2. The number of carbonyl (C=O) groups is 1. The number of benzene rings is 2. The van der Waals surface area contributed by atoms with Gasteiger partial charge in [0.05, 0.1) is 31.7 Å². The predicted octanol–water partition coefficient (Wildman–Crippen LogP) is 4.46. The van der Waals surface area contributed by atoms with Crippen molar-refractivity contribution < 1.29 is 23.0 Å². The molecule has 4 aromatic rings. The van der Waals surface area contributed by atoms with Gasteiger partial charge in [0.15, 0.2) is 0 Å². The van der Waals surface area contributed by atoms with Crippen LogP contribution in [0.1, 0.15) is 30.0 Å². The molecule has 11 heteroatoms. The molecular weight excluding hydrogens is 564 g/mol. The lowest BCUT2D eigenvalue weighted by molar-refractivity contribution is -0.118. The number of aromatic nitrogens is 2. The molecule has 0 unspecified atom stereocenters. The van der Waals surface area contributed by atoms with Crippen LogP contribution >= 0.6 is 11.3 Å². The van der Waals surface area contributed by atoms with Crippen LogP contribution in [-0.2, 0) is 40.3 Å². The highest BCUT2D eigenvalue weighted by Crippen LogP contribution is 2.38. The molecule has 0 amide bonds. The number of ketones is 1. The quantitative estimate of drug-likeness (QED) is 0.213. The Hall–Kier alpha value is -3.51. The van der Waals surface area contributed by atoms with Crippen LogP contribution in [0, 0.1) is 11.6 Å². The summed E-state index contributed by atoms with van der Waals surface area (Å²) in [6.45, 7) is 2.94. The fraction of sp³-hybridized carbons (Fsp3) is 0.387. The van der Waals surface area contributed by atoms with Crippen LogP contribution in [-0.4, -0.2) is 60.8 Å². The van der Waals surface area contributed by atoms with Crippen LogP contribution in [0.2, 0.25) is 0 Å². The van der Waals surface area contributed by atoms with Crippen molar-refractivity contribution in [2.45, 2.75) is 39.4 Å². The van der Waals surface area contributed by atoms with E-state index in [0.29, 0.717) is 48.3 Å². The molecular formula is C31H35F2N3O5S. The van der Waals surface area contributed by atoms with Crippen molar-refractivity contribution in [2.75, 3.05) is 41.0 Å². The van der Waals surface area contributed by atoms with E-state index < -0.39 is 29.4 Å². The molecule has 0 aliphatic rings. The molecule has 42 heavy (non-hydrogen) atoms. The first-order valence-electron chi connectivity index (χ1n) is 13.7. The van der Waals surface area contributed by atoms with Gasteiger partial charge in [0.2, 0.25) is 0 Å². The Kier molecular flexibility index (Phi) is 10.6. The molecule has 0 bridgehead atoms. The molecule has 0 spiro atoms. The van der Waals surface area contributed by atoms with Crippen LogP contribution in [0.25, 0.3) is 20.7 Å². The summed E-state index contributed by atoms with van der Waals surface area (Å²) in [6.07, 6.45) is 0.777. The standard InChI is InChI=1S/C31H35F2N3O5S/c1-5-22(37)17-20-9-11-21(12-10-20)28-24(18-34(2)13-15-40-3)27-29(38)35(14-16-41-4)31(39)36(30(27)42-28)19-23-25(32)7-6-8-26(23)33/h6-12H,5,13-19H2,1-4H3. The van der Waals surface area contributed by atoms with Crippen LogP contribution in [0.5, 0.6) is 0 Å². The number of likely N-dealkylation sites (N-methyl/N-ethyl adjacent to an activating group) is 1. The predicted molar refractivity (Wildman–Crippen MR) is 160 cm³/mol. The summed E-state index contributed by atoms with van der Waals surface area (Å²) in [5.74, 6) is -1.43. The van der Waals surface area contributed by atoms with E-state index in [1.165, 1.54) is 29.1 Å². The normalized spacial score (nSPS) is 11.6. The first-order chi connectivity index (χ1) is 20.2. The maximum atomic E-state index is 14.8. The van der Waals surface area contributed by atoms with Gasteiger partial charge in [0, 0.05) is 50.6 Å². The van der Waals surface area contributed by atoms with E-state index in [1.807, 2.05) is 43.1 Å². The van der Waals surface area contributed by atoms with Crippen molar-refractivity contribution in [3.63, 3.8) is 0 Å². The summed E-state index contributed by atoms with van der Waals surface area (Å²) in [7, 11) is 4.98. The zero-order valence-electron chi connectivity index (χ0n) is 24.2. The number of hydrogen-bond donors (Lipinski definition) is 0. The molecule has 0 N–H and O–H groups in total. The molecule has 2 heterocycles. The summed E-state index contributed by atoms with van der Waals surface area (Å²) >= 11 is 1.23. The number of nitrogens with zero attached hydrogens (tertiary/aromatic N) is 3. The van der Waals surface area contributed by atoms with E-state index in [-0.39, 0.29) is 24.5 Å². The van der Waals surface area contributed by atoms with Gasteiger partial charge in [-0.3, -0.25) is 23.6 Å². The van der Waals surface area contributed by atoms with Gasteiger partial charge in [0.1, 0.15) is 22.2 Å². The Morgan fingerprint density at radius 3 is 2.24 bits per heavy atom. The lowest BCUT2D eigenvalue weighted by atomic mass is 10.0. The number of methoxy groups -OCH3 is 2. The van der Waals surface area contributed by atoms with E-state index in [1.54, 1.807) is 7.11 Å². The molecule has 0 aliphatic heterocycles. The average Bonchev–Trinajstić information content (AvgIpc) is 3.34. The van der Waals surface area contributed by atoms with Gasteiger partial charge < -0.3 is 9.47 Å². The third-order valence-electron chi connectivity index (χ3n) is 7.17. The number of carbonyl (C=O) groups excluding carboxylic acids is 1. The Morgan fingerprint density at radius 2 is 1.62 bits per heavy atom. The molecule has 0 saturated heterocycles. The number of Topliss-reactive ketones (excluding diaryl/α,β-unsaturated/α-hetero) is 1. The van der Waals surface area contributed by atoms with Crippen LogP contribution in [0.15, 0.2) is 52.1 Å². The minimum absolute atomic E-state index is 0.0197. The van der Waals surface area contributed by atoms with Gasteiger partial charge in [0.25, 0.3) is 5.56 Å². The summed E-state index contributed by atoms with van der Waals surface area (Å²) in [6, 6.07) is 11.1. The van der Waals surface area contributed by atoms with Crippen molar-refractivity contribution in [3.8, 4) is 10.4 Å². The second-order valence-corrected chi connectivity index (χ2v) is 11.1. The molecule has 0 fully saturated rings. The van der Waals surface area contributed by atoms with E-state index in [0.717, 1.165) is 32.7 Å². The van der Waals surface area contributed by atoms with Gasteiger partial charge in [-0.2, -0.15) is 0 Å². The average molecular weight is 600 g/mol. The second-order valence-electron chi connectivity index (χ2n) is 10.1. The highest BCUT2D eigenvalue weighted by Gasteiger charge is 2.25. The first kappa shape index (κ1) is 31.4. The number of halogens is 2. The van der Waals surface area contributed by atoms with Gasteiger partial charge >= 0.3 is 5.69 Å². The molecule has 8 nitrogen and oxygen atoms in total. The van der Waals surface area contributed by atoms with Crippen LogP contribution < -0.4 is 11.2 Å². The molecule has 2 aromatic carbocycles. The minimum Gasteiger partial charge on any atom is -0.383 e. The van der Waals surface area contributed by atoms with Crippen molar-refractivity contribution in [2.24, 2.45) is 0 Å². The third-order valence-corrected chi connectivity index (χ3v) is 8.47. The number of rotatable bonds is 14. The largest absolute Gasteiger partial charge is 0.383 e. The highest BCUT2D eigenvalue weighted by molar-refractivity contribution is 7.22. The van der Waals surface area contributed by atoms with Crippen molar-refractivity contribution in [1.82, 2.24) is 14.0 Å². The topological polar surface area (TPSA) is 82.8 Å². The Balaban J connectivity index is 1.99. The van der Waals surface area contributed by atoms with Gasteiger partial charge in [-0.05, 0) is 35.9 Å². The van der Waals surface area contributed by atoms with Crippen molar-refractivity contribution in [3.05, 3.63) is 91.6 Å². The molecule has 4 rings (SSSR count). The van der Waals surface area contributed by atoms with E-state index >= 15 is 0 Å². The summed E-state index contributed by atoms with van der Waals surface area (Å²) in [5.41, 5.74) is 0.950. The molecule has 2 aromatic heterocycles. The highest BCUT2D eigenvalue weighted by atomic mass is 32.1. The fourth-order valence-corrected chi connectivity index (χ4v) is 6.09. The van der Waals surface area contributed by atoms with Gasteiger partial charge in [-0.15, -0.1) is 11.3 Å². The Morgan fingerprint density at radius 1 is 0.952 bits per heavy atom. The smallest absolute Gasteiger partial charge is 0.332 e. The molecule has 224 valence electrons. The first-order valence-corrected chi connectivity index (χ1v) is 14.5. The maximum absolute atomic E-state index is 14.8. The molecule has 0 aliphatic carbocycles. The Labute approximate surface area is 246 Å². The zero-order chi connectivity index (χ0) is 30.4. The summed E-state index contributed by atoms with van der Waals surface area (Å²) in [5, 5.41) is 0.317. The van der Waals surface area contributed by atoms with E-state index in [2.05, 4.69) is 0 Å². The van der Waals surface area contributed by atoms with Crippen molar-refractivity contribution >= 4 is 27.3 Å².